The predicted molar refractivity (Wildman–Crippen MR) is 32.6 cm³/mol. The van der Waals surface area contributed by atoms with Crippen LogP contribution in [0.2, 0.25) is 0 Å². The summed E-state index contributed by atoms with van der Waals surface area (Å²) in [4.78, 5) is 3.01. The summed E-state index contributed by atoms with van der Waals surface area (Å²) in [6, 6.07) is 0. The van der Waals surface area contributed by atoms with Crippen molar-refractivity contribution < 1.29 is 9.67 Å². The number of aryl methyl sites for hydroxylation is 2. The Balaban J connectivity index is 2.98. The molecule has 0 aromatic carbocycles. The number of aliphatic hydroxyl groups excluding tert-OH is 1. The summed E-state index contributed by atoms with van der Waals surface area (Å²) in [6.07, 6.45) is 1.87. The van der Waals surface area contributed by atoms with Crippen molar-refractivity contribution in [3.05, 3.63) is 17.7 Å². The van der Waals surface area contributed by atoms with Crippen molar-refractivity contribution in [2.45, 2.75) is 13.5 Å². The van der Waals surface area contributed by atoms with E-state index in [1.807, 2.05) is 24.7 Å². The summed E-state index contributed by atoms with van der Waals surface area (Å²) in [5.41, 5.74) is 0.856. The van der Waals surface area contributed by atoms with Gasteiger partial charge in [0, 0.05) is 6.92 Å². The number of hydrogen-bond donors (Lipinski definition) is 2. The molecule has 0 amide bonds. The van der Waals surface area contributed by atoms with Crippen LogP contribution >= 0.6 is 0 Å². The number of imidazole rings is 1. The molecular formula is C6H11N2O+. The van der Waals surface area contributed by atoms with Gasteiger partial charge >= 0.3 is 0 Å². The summed E-state index contributed by atoms with van der Waals surface area (Å²) in [6.45, 7) is 2.04. The second kappa shape index (κ2) is 2.19. The third-order valence-electron chi connectivity index (χ3n) is 1.39. The number of hydrogen-bond acceptors (Lipinski definition) is 1. The van der Waals surface area contributed by atoms with Crippen molar-refractivity contribution in [3.63, 3.8) is 0 Å². The lowest BCUT2D eigenvalue weighted by molar-refractivity contribution is -0.676. The Morgan fingerprint density at radius 1 is 1.78 bits per heavy atom. The molecule has 1 rings (SSSR count). The highest BCUT2D eigenvalue weighted by atomic mass is 16.3. The van der Waals surface area contributed by atoms with Gasteiger partial charge in [-0.2, -0.15) is 0 Å². The van der Waals surface area contributed by atoms with E-state index < -0.39 is 0 Å². The Morgan fingerprint density at radius 3 is 2.67 bits per heavy atom. The second-order valence-electron chi connectivity index (χ2n) is 2.13. The molecule has 3 heteroatoms. The van der Waals surface area contributed by atoms with E-state index in [1.54, 1.807) is 0 Å². The van der Waals surface area contributed by atoms with Crippen molar-refractivity contribution in [2.24, 2.45) is 7.05 Å². The van der Waals surface area contributed by atoms with Gasteiger partial charge < -0.3 is 5.11 Å². The molecule has 0 aliphatic rings. The molecule has 0 spiro atoms. The first-order valence-electron chi connectivity index (χ1n) is 2.89. The van der Waals surface area contributed by atoms with Crippen LogP contribution in [-0.4, -0.2) is 10.1 Å². The molecule has 0 unspecified atom stereocenters. The minimum Gasteiger partial charge on any atom is -0.388 e. The molecule has 1 aromatic rings. The molecule has 50 valence electrons. The zero-order valence-electron chi connectivity index (χ0n) is 5.68. The van der Waals surface area contributed by atoms with Crippen molar-refractivity contribution in [3.8, 4) is 0 Å². The van der Waals surface area contributed by atoms with Crippen LogP contribution in [0.3, 0.4) is 0 Å². The SMILES string of the molecule is Cc1[nH]c(CO)c[n+]1C. The molecule has 0 atom stereocenters. The van der Waals surface area contributed by atoms with Gasteiger partial charge in [0.25, 0.3) is 5.82 Å². The highest BCUT2D eigenvalue weighted by Crippen LogP contribution is 1.90. The average Bonchev–Trinajstić information content (AvgIpc) is 2.13. The van der Waals surface area contributed by atoms with Crippen LogP contribution in [0, 0.1) is 6.92 Å². The molecular weight excluding hydrogens is 116 g/mol. The molecule has 1 aromatic heterocycles. The van der Waals surface area contributed by atoms with Crippen LogP contribution in [-0.2, 0) is 13.7 Å². The van der Waals surface area contributed by atoms with E-state index in [4.69, 9.17) is 5.11 Å². The molecule has 3 nitrogen and oxygen atoms in total. The van der Waals surface area contributed by atoms with Crippen LogP contribution in [0.5, 0.6) is 0 Å². The zero-order valence-corrected chi connectivity index (χ0v) is 5.68. The Hall–Kier alpha value is -0.830. The third-order valence-corrected chi connectivity index (χ3v) is 1.39. The lowest BCUT2D eigenvalue weighted by Gasteiger charge is -1.77. The molecule has 0 bridgehead atoms. The van der Waals surface area contributed by atoms with Gasteiger partial charge in [-0.25, -0.2) is 9.55 Å². The van der Waals surface area contributed by atoms with Crippen molar-refractivity contribution in [2.75, 3.05) is 0 Å². The number of nitrogens with one attached hydrogen (secondary N) is 1. The van der Waals surface area contributed by atoms with E-state index in [9.17, 15) is 0 Å². The Kier molecular flexibility index (Phi) is 1.53. The molecule has 0 aliphatic heterocycles. The van der Waals surface area contributed by atoms with E-state index >= 15 is 0 Å². The van der Waals surface area contributed by atoms with Crippen molar-refractivity contribution >= 4 is 0 Å². The normalized spacial score (nSPS) is 10.1. The molecule has 2 N–H and O–H groups in total. The van der Waals surface area contributed by atoms with Gasteiger partial charge in [0.1, 0.15) is 12.8 Å². The number of aliphatic hydroxyl groups is 1. The van der Waals surface area contributed by atoms with Crippen LogP contribution in [0.1, 0.15) is 11.5 Å². The fourth-order valence-corrected chi connectivity index (χ4v) is 0.764. The number of aromatic nitrogens is 2. The lowest BCUT2D eigenvalue weighted by atomic mass is 10.5. The van der Waals surface area contributed by atoms with Crippen LogP contribution in [0.15, 0.2) is 6.20 Å². The van der Waals surface area contributed by atoms with Crippen LogP contribution < -0.4 is 4.57 Å². The first-order valence-corrected chi connectivity index (χ1v) is 2.89. The van der Waals surface area contributed by atoms with Crippen molar-refractivity contribution in [1.29, 1.82) is 0 Å². The van der Waals surface area contributed by atoms with Gasteiger partial charge in [0.15, 0.2) is 5.69 Å². The number of nitrogens with zero attached hydrogens (tertiary/aromatic N) is 1. The molecule has 0 saturated carbocycles. The highest BCUT2D eigenvalue weighted by Gasteiger charge is 2.04. The first-order chi connectivity index (χ1) is 4.24. The van der Waals surface area contributed by atoms with Crippen molar-refractivity contribution in [1.82, 2.24) is 4.98 Å². The van der Waals surface area contributed by atoms with E-state index in [0.717, 1.165) is 11.5 Å². The molecule has 9 heavy (non-hydrogen) atoms. The molecule has 0 saturated heterocycles. The Labute approximate surface area is 54.0 Å². The Bertz CT molecular complexity index is 185. The molecule has 0 fully saturated rings. The minimum atomic E-state index is 0.0850. The second-order valence-corrected chi connectivity index (χ2v) is 2.13. The number of aromatic amines is 1. The van der Waals surface area contributed by atoms with Gasteiger partial charge in [-0.1, -0.05) is 0 Å². The maximum atomic E-state index is 8.63. The largest absolute Gasteiger partial charge is 0.388 e. The van der Waals surface area contributed by atoms with E-state index in [0.29, 0.717) is 0 Å². The van der Waals surface area contributed by atoms with Gasteiger partial charge in [-0.15, -0.1) is 0 Å². The van der Waals surface area contributed by atoms with E-state index in [-0.39, 0.29) is 6.61 Å². The highest BCUT2D eigenvalue weighted by molar-refractivity contribution is 4.90. The standard InChI is InChI=1S/C6H10N2O/c1-5-7-6(4-9)3-8(5)2/h3,9H,4H2,1-2H3/p+1. The first kappa shape index (κ1) is 6.29. The van der Waals surface area contributed by atoms with E-state index in [1.165, 1.54) is 0 Å². The third kappa shape index (κ3) is 1.10. The quantitative estimate of drug-likeness (QED) is 0.497. The predicted octanol–water partition coefficient (Wildman–Crippen LogP) is -0.360. The molecule has 0 radical (unpaired) electrons. The maximum Gasteiger partial charge on any atom is 0.251 e. The summed E-state index contributed by atoms with van der Waals surface area (Å²) in [5.74, 6) is 1.05. The lowest BCUT2D eigenvalue weighted by Crippen LogP contribution is -2.28. The minimum absolute atomic E-state index is 0.0850. The summed E-state index contributed by atoms with van der Waals surface area (Å²) in [5, 5.41) is 8.63. The molecule has 1 heterocycles. The average molecular weight is 127 g/mol. The van der Waals surface area contributed by atoms with Gasteiger partial charge in [-0.05, 0) is 0 Å². The summed E-state index contributed by atoms with van der Waals surface area (Å²) >= 11 is 0. The fourth-order valence-electron chi connectivity index (χ4n) is 0.764. The summed E-state index contributed by atoms with van der Waals surface area (Å²) < 4.78 is 1.94. The Morgan fingerprint density at radius 2 is 2.44 bits per heavy atom. The van der Waals surface area contributed by atoms with Crippen LogP contribution in [0.4, 0.5) is 0 Å². The van der Waals surface area contributed by atoms with Gasteiger partial charge in [0.2, 0.25) is 0 Å². The monoisotopic (exact) mass is 127 g/mol. The van der Waals surface area contributed by atoms with Gasteiger partial charge in [0.05, 0.1) is 7.05 Å². The summed E-state index contributed by atoms with van der Waals surface area (Å²) in [7, 11) is 1.94. The smallest absolute Gasteiger partial charge is 0.251 e. The van der Waals surface area contributed by atoms with Crippen LogP contribution in [0.25, 0.3) is 0 Å². The maximum absolute atomic E-state index is 8.63. The number of H-pyrrole nitrogens is 1. The molecule has 0 aliphatic carbocycles. The topological polar surface area (TPSA) is 39.9 Å². The van der Waals surface area contributed by atoms with E-state index in [2.05, 4.69) is 4.98 Å². The number of rotatable bonds is 1. The van der Waals surface area contributed by atoms with Gasteiger partial charge in [-0.3, -0.25) is 0 Å². The fraction of sp³-hybridized carbons (Fsp3) is 0.500. The zero-order chi connectivity index (χ0) is 6.85.